The van der Waals surface area contributed by atoms with Gasteiger partial charge >= 0.3 is 0 Å². The van der Waals surface area contributed by atoms with Crippen LogP contribution in [0.2, 0.25) is 0 Å². The SMILES string of the molecule is Cc1cc(C[C@@H]2COC[C@@H]2NC(=O)c2cc(=O)c3ccccc3o2)on1. The Labute approximate surface area is 148 Å². The van der Waals surface area contributed by atoms with Gasteiger partial charge in [-0.2, -0.15) is 0 Å². The molecule has 2 atom stereocenters. The first-order valence-electron chi connectivity index (χ1n) is 8.44. The molecule has 1 aliphatic heterocycles. The van der Waals surface area contributed by atoms with Gasteiger partial charge in [-0.25, -0.2) is 0 Å². The van der Waals surface area contributed by atoms with Crippen LogP contribution < -0.4 is 10.7 Å². The molecule has 3 heterocycles. The average molecular weight is 354 g/mol. The lowest BCUT2D eigenvalue weighted by molar-refractivity contribution is 0.0897. The van der Waals surface area contributed by atoms with Crippen molar-refractivity contribution in [3.63, 3.8) is 0 Å². The van der Waals surface area contributed by atoms with Crippen LogP contribution in [-0.4, -0.2) is 30.3 Å². The van der Waals surface area contributed by atoms with Gasteiger partial charge in [0.25, 0.3) is 5.91 Å². The number of fused-ring (bicyclic) bond motifs is 1. The number of rotatable bonds is 4. The zero-order valence-electron chi connectivity index (χ0n) is 14.2. The molecule has 0 spiro atoms. The molecule has 1 aliphatic rings. The molecule has 4 rings (SSSR count). The molecule has 1 aromatic carbocycles. The molecular formula is C19H18N2O5. The lowest BCUT2D eigenvalue weighted by Crippen LogP contribution is -2.40. The Morgan fingerprint density at radius 2 is 2.12 bits per heavy atom. The lowest BCUT2D eigenvalue weighted by atomic mass is 9.98. The van der Waals surface area contributed by atoms with Crippen molar-refractivity contribution < 1.29 is 18.5 Å². The summed E-state index contributed by atoms with van der Waals surface area (Å²) in [5, 5.41) is 7.23. The Morgan fingerprint density at radius 3 is 2.92 bits per heavy atom. The molecule has 26 heavy (non-hydrogen) atoms. The van der Waals surface area contributed by atoms with Crippen molar-refractivity contribution in [1.82, 2.24) is 10.5 Å². The van der Waals surface area contributed by atoms with Crippen LogP contribution in [0.25, 0.3) is 11.0 Å². The van der Waals surface area contributed by atoms with Crippen molar-refractivity contribution >= 4 is 16.9 Å². The first-order valence-corrected chi connectivity index (χ1v) is 8.44. The summed E-state index contributed by atoms with van der Waals surface area (Å²) in [4.78, 5) is 24.7. The predicted octanol–water partition coefficient (Wildman–Crippen LogP) is 2.08. The fourth-order valence-corrected chi connectivity index (χ4v) is 3.19. The second kappa shape index (κ2) is 6.76. The summed E-state index contributed by atoms with van der Waals surface area (Å²) in [5.41, 5.74) is 0.965. The highest BCUT2D eigenvalue weighted by Crippen LogP contribution is 2.20. The molecule has 0 saturated carbocycles. The van der Waals surface area contributed by atoms with E-state index in [1.807, 2.05) is 13.0 Å². The van der Waals surface area contributed by atoms with Crippen LogP contribution in [0.5, 0.6) is 0 Å². The third kappa shape index (κ3) is 3.25. The number of aryl methyl sites for hydroxylation is 1. The molecule has 0 radical (unpaired) electrons. The van der Waals surface area contributed by atoms with Crippen LogP contribution in [0.3, 0.4) is 0 Å². The van der Waals surface area contributed by atoms with Gasteiger partial charge in [-0.1, -0.05) is 17.3 Å². The van der Waals surface area contributed by atoms with Crippen LogP contribution in [0.1, 0.15) is 22.0 Å². The van der Waals surface area contributed by atoms with E-state index >= 15 is 0 Å². The van der Waals surface area contributed by atoms with Gasteiger partial charge in [-0.15, -0.1) is 0 Å². The summed E-state index contributed by atoms with van der Waals surface area (Å²) in [6.45, 7) is 2.78. The van der Waals surface area contributed by atoms with Gasteiger partial charge in [0.2, 0.25) is 0 Å². The first kappa shape index (κ1) is 16.5. The molecule has 1 amide bonds. The summed E-state index contributed by atoms with van der Waals surface area (Å²) < 4.78 is 16.4. The second-order valence-electron chi connectivity index (χ2n) is 6.49. The number of aromatic nitrogens is 1. The van der Waals surface area contributed by atoms with Crippen molar-refractivity contribution in [3.8, 4) is 0 Å². The van der Waals surface area contributed by atoms with Gasteiger partial charge in [0.05, 0.1) is 30.3 Å². The summed E-state index contributed by atoms with van der Waals surface area (Å²) in [7, 11) is 0. The maximum atomic E-state index is 12.6. The minimum atomic E-state index is -0.429. The fraction of sp³-hybridized carbons (Fsp3) is 0.316. The van der Waals surface area contributed by atoms with E-state index in [1.54, 1.807) is 24.3 Å². The fourth-order valence-electron chi connectivity index (χ4n) is 3.19. The Balaban J connectivity index is 1.51. The van der Waals surface area contributed by atoms with E-state index in [-0.39, 0.29) is 23.1 Å². The third-order valence-electron chi connectivity index (χ3n) is 4.51. The van der Waals surface area contributed by atoms with Crippen molar-refractivity contribution in [2.45, 2.75) is 19.4 Å². The standard InChI is InChI=1S/C19H18N2O5/c1-11-6-13(26-21-11)7-12-9-24-10-15(12)20-19(23)18-8-16(22)14-4-2-3-5-17(14)25-18/h2-6,8,12,15H,7,9-10H2,1H3,(H,20,23)/t12-,15+/m1/s1. The molecule has 0 aliphatic carbocycles. The Kier molecular flexibility index (Phi) is 4.30. The number of carbonyl (C=O) groups is 1. The molecule has 2 aromatic heterocycles. The van der Waals surface area contributed by atoms with Gasteiger partial charge in [0.1, 0.15) is 11.3 Å². The number of nitrogens with one attached hydrogen (secondary N) is 1. The van der Waals surface area contributed by atoms with Crippen LogP contribution in [0.15, 0.2) is 50.1 Å². The number of benzene rings is 1. The first-order chi connectivity index (χ1) is 12.6. The quantitative estimate of drug-likeness (QED) is 0.771. The Bertz CT molecular complexity index is 1010. The molecule has 7 heteroatoms. The van der Waals surface area contributed by atoms with E-state index in [4.69, 9.17) is 13.7 Å². The summed E-state index contributed by atoms with van der Waals surface area (Å²) in [6, 6.07) is 9.76. The van der Waals surface area contributed by atoms with Crippen molar-refractivity contribution in [1.29, 1.82) is 0 Å². The molecular weight excluding hydrogens is 336 g/mol. The summed E-state index contributed by atoms with van der Waals surface area (Å²) in [6.07, 6.45) is 0.619. The molecule has 3 aromatic rings. The highest BCUT2D eigenvalue weighted by atomic mass is 16.5. The number of amides is 1. The molecule has 1 fully saturated rings. The highest BCUT2D eigenvalue weighted by molar-refractivity contribution is 5.93. The highest BCUT2D eigenvalue weighted by Gasteiger charge is 2.31. The maximum absolute atomic E-state index is 12.6. The second-order valence-corrected chi connectivity index (χ2v) is 6.49. The van der Waals surface area contributed by atoms with E-state index < -0.39 is 5.91 Å². The predicted molar refractivity (Wildman–Crippen MR) is 93.0 cm³/mol. The molecule has 1 saturated heterocycles. The topological polar surface area (TPSA) is 94.6 Å². The normalized spacial score (nSPS) is 19.7. The van der Waals surface area contributed by atoms with Crippen molar-refractivity contribution in [3.05, 3.63) is 63.8 Å². The number of para-hydroxylation sites is 1. The average Bonchev–Trinajstić information content (AvgIpc) is 3.24. The van der Waals surface area contributed by atoms with E-state index in [0.717, 1.165) is 11.5 Å². The molecule has 1 N–H and O–H groups in total. The van der Waals surface area contributed by atoms with E-state index in [0.29, 0.717) is 30.6 Å². The van der Waals surface area contributed by atoms with Crippen LogP contribution in [-0.2, 0) is 11.2 Å². The number of ether oxygens (including phenoxy) is 1. The van der Waals surface area contributed by atoms with Gasteiger partial charge in [-0.05, 0) is 19.1 Å². The van der Waals surface area contributed by atoms with Gasteiger partial charge in [-0.3, -0.25) is 9.59 Å². The molecule has 7 nitrogen and oxygen atoms in total. The number of hydrogen-bond acceptors (Lipinski definition) is 6. The van der Waals surface area contributed by atoms with Gasteiger partial charge in [0.15, 0.2) is 11.2 Å². The number of nitrogens with zero attached hydrogens (tertiary/aromatic N) is 1. The minimum Gasteiger partial charge on any atom is -0.451 e. The van der Waals surface area contributed by atoms with E-state index in [1.165, 1.54) is 6.07 Å². The van der Waals surface area contributed by atoms with Crippen LogP contribution in [0.4, 0.5) is 0 Å². The monoisotopic (exact) mass is 354 g/mol. The van der Waals surface area contributed by atoms with Gasteiger partial charge in [0, 0.05) is 24.5 Å². The van der Waals surface area contributed by atoms with E-state index in [2.05, 4.69) is 10.5 Å². The molecule has 0 unspecified atom stereocenters. The largest absolute Gasteiger partial charge is 0.451 e. The molecule has 0 bridgehead atoms. The minimum absolute atomic E-state index is 0.00476. The summed E-state index contributed by atoms with van der Waals surface area (Å²) in [5.74, 6) is 0.393. The van der Waals surface area contributed by atoms with Gasteiger partial charge < -0.3 is 19.0 Å². The maximum Gasteiger partial charge on any atom is 0.287 e. The Hall–Kier alpha value is -2.93. The smallest absolute Gasteiger partial charge is 0.287 e. The summed E-state index contributed by atoms with van der Waals surface area (Å²) >= 11 is 0. The van der Waals surface area contributed by atoms with Crippen molar-refractivity contribution in [2.75, 3.05) is 13.2 Å². The van der Waals surface area contributed by atoms with E-state index in [9.17, 15) is 9.59 Å². The third-order valence-corrected chi connectivity index (χ3v) is 4.51. The lowest BCUT2D eigenvalue weighted by Gasteiger charge is -2.17. The van der Waals surface area contributed by atoms with Crippen LogP contribution in [0, 0.1) is 12.8 Å². The zero-order chi connectivity index (χ0) is 18.1. The number of hydrogen-bond donors (Lipinski definition) is 1. The number of carbonyl (C=O) groups excluding carboxylic acids is 1. The Morgan fingerprint density at radius 1 is 1.27 bits per heavy atom. The van der Waals surface area contributed by atoms with Crippen LogP contribution >= 0.6 is 0 Å². The van der Waals surface area contributed by atoms with Crippen molar-refractivity contribution in [2.24, 2.45) is 5.92 Å². The molecule has 134 valence electrons. The zero-order valence-corrected chi connectivity index (χ0v) is 14.2.